The standard InChI is InChI=1S/C15H22N6O.ClH/c1-8-12-13(18-19-14(12)21(2)20-8)17-15(22)11-7-9-5-3-4-6-10(9)16-11;/h9-11,16H,3-7H2,1-2H3,(H2,17,18,19,22);1H. The zero-order valence-corrected chi connectivity index (χ0v) is 14.2. The van der Waals surface area contributed by atoms with Gasteiger partial charge in [0.15, 0.2) is 5.65 Å². The van der Waals surface area contributed by atoms with Gasteiger partial charge in [0.05, 0.1) is 17.1 Å². The van der Waals surface area contributed by atoms with E-state index in [4.69, 9.17) is 0 Å². The van der Waals surface area contributed by atoms with E-state index in [0.717, 1.165) is 23.1 Å². The number of carbonyl (C=O) groups excluding carboxylic acids is 1. The first-order valence-corrected chi connectivity index (χ1v) is 8.08. The molecule has 1 amide bonds. The predicted octanol–water partition coefficient (Wildman–Crippen LogP) is 1.89. The van der Waals surface area contributed by atoms with Crippen LogP contribution in [0.4, 0.5) is 5.82 Å². The van der Waals surface area contributed by atoms with Crippen LogP contribution in [0.1, 0.15) is 37.8 Å². The molecule has 0 radical (unpaired) electrons. The fourth-order valence-corrected chi connectivity index (χ4v) is 4.05. The number of nitrogens with one attached hydrogen (secondary N) is 3. The summed E-state index contributed by atoms with van der Waals surface area (Å²) < 4.78 is 1.72. The van der Waals surface area contributed by atoms with Gasteiger partial charge in [0.25, 0.3) is 0 Å². The van der Waals surface area contributed by atoms with E-state index in [1.165, 1.54) is 25.7 Å². The van der Waals surface area contributed by atoms with Crippen molar-refractivity contribution in [2.45, 2.75) is 51.1 Å². The summed E-state index contributed by atoms with van der Waals surface area (Å²) in [5.41, 5.74) is 1.63. The van der Waals surface area contributed by atoms with Gasteiger partial charge in [0.2, 0.25) is 5.91 Å². The molecule has 3 heterocycles. The van der Waals surface area contributed by atoms with E-state index in [-0.39, 0.29) is 24.4 Å². The van der Waals surface area contributed by atoms with Gasteiger partial charge < -0.3 is 10.6 Å². The first-order chi connectivity index (χ1) is 10.6. The average molecular weight is 339 g/mol. The Bertz CT molecular complexity index is 709. The number of aryl methyl sites for hydroxylation is 2. The van der Waals surface area contributed by atoms with Crippen molar-refractivity contribution < 1.29 is 4.79 Å². The van der Waals surface area contributed by atoms with Crippen molar-refractivity contribution in [2.75, 3.05) is 5.32 Å². The summed E-state index contributed by atoms with van der Waals surface area (Å²) in [7, 11) is 1.85. The maximum Gasteiger partial charge on any atom is 0.242 e. The fraction of sp³-hybridized carbons (Fsp3) is 0.667. The third-order valence-electron chi connectivity index (χ3n) is 5.14. The van der Waals surface area contributed by atoms with E-state index in [2.05, 4.69) is 25.9 Å². The van der Waals surface area contributed by atoms with E-state index in [9.17, 15) is 4.79 Å². The molecule has 23 heavy (non-hydrogen) atoms. The molecule has 8 heteroatoms. The molecule has 1 aliphatic heterocycles. The molecule has 0 spiro atoms. The molecule has 126 valence electrons. The summed E-state index contributed by atoms with van der Waals surface area (Å²) in [5.74, 6) is 1.34. The molecule has 1 saturated carbocycles. The van der Waals surface area contributed by atoms with Crippen molar-refractivity contribution in [3.63, 3.8) is 0 Å². The highest BCUT2D eigenvalue weighted by Crippen LogP contribution is 2.33. The number of fused-ring (bicyclic) bond motifs is 2. The number of amides is 1. The number of aromatic amines is 1. The minimum atomic E-state index is -0.0940. The van der Waals surface area contributed by atoms with Crippen molar-refractivity contribution in [2.24, 2.45) is 13.0 Å². The second kappa shape index (κ2) is 6.13. The molecule has 3 N–H and O–H groups in total. The van der Waals surface area contributed by atoms with Crippen molar-refractivity contribution in [1.29, 1.82) is 0 Å². The van der Waals surface area contributed by atoms with Gasteiger partial charge in [0, 0.05) is 13.1 Å². The first-order valence-electron chi connectivity index (χ1n) is 8.08. The summed E-state index contributed by atoms with van der Waals surface area (Å²) in [6.45, 7) is 1.93. The Morgan fingerprint density at radius 2 is 2.13 bits per heavy atom. The smallest absolute Gasteiger partial charge is 0.242 e. The SMILES string of the molecule is Cc1nn(C)c2n[nH]c(NC(=O)C3CC4CCCCC4N3)c12.Cl. The van der Waals surface area contributed by atoms with Crippen LogP contribution in [0.15, 0.2) is 0 Å². The molecule has 2 fully saturated rings. The Hall–Kier alpha value is -1.60. The Balaban J connectivity index is 0.00000156. The number of anilines is 1. The second-order valence-electron chi connectivity index (χ2n) is 6.60. The fourth-order valence-electron chi connectivity index (χ4n) is 4.05. The average Bonchev–Trinajstić information content (AvgIpc) is 3.16. The summed E-state index contributed by atoms with van der Waals surface area (Å²) in [6, 6.07) is 0.426. The minimum absolute atomic E-state index is 0. The molecule has 0 bridgehead atoms. The van der Waals surface area contributed by atoms with Gasteiger partial charge in [-0.3, -0.25) is 9.89 Å². The highest BCUT2D eigenvalue weighted by Gasteiger charge is 2.38. The molecule has 2 aromatic heterocycles. The van der Waals surface area contributed by atoms with E-state index in [1.54, 1.807) is 4.68 Å². The quantitative estimate of drug-likeness (QED) is 0.780. The lowest BCUT2D eigenvalue weighted by molar-refractivity contribution is -0.117. The van der Waals surface area contributed by atoms with E-state index in [0.29, 0.717) is 17.8 Å². The zero-order chi connectivity index (χ0) is 15.3. The number of carbonyl (C=O) groups is 1. The molecule has 2 aromatic rings. The molecule has 3 atom stereocenters. The van der Waals surface area contributed by atoms with E-state index in [1.807, 2.05) is 14.0 Å². The molecule has 0 aromatic carbocycles. The lowest BCUT2D eigenvalue weighted by Gasteiger charge is -2.24. The van der Waals surface area contributed by atoms with Gasteiger partial charge in [-0.2, -0.15) is 10.2 Å². The van der Waals surface area contributed by atoms with Gasteiger partial charge in [-0.25, -0.2) is 4.68 Å². The molecule has 1 saturated heterocycles. The van der Waals surface area contributed by atoms with Crippen LogP contribution in [0.3, 0.4) is 0 Å². The summed E-state index contributed by atoms with van der Waals surface area (Å²) in [4.78, 5) is 12.6. The molecular formula is C15H23ClN6O. The first kappa shape index (κ1) is 16.3. The monoisotopic (exact) mass is 338 g/mol. The number of hydrogen-bond donors (Lipinski definition) is 3. The van der Waals surface area contributed by atoms with Gasteiger partial charge in [-0.15, -0.1) is 12.4 Å². The topological polar surface area (TPSA) is 87.6 Å². The van der Waals surface area contributed by atoms with Crippen molar-refractivity contribution in [3.05, 3.63) is 5.69 Å². The van der Waals surface area contributed by atoms with Gasteiger partial charge in [-0.1, -0.05) is 12.8 Å². The Labute approximate surface area is 141 Å². The zero-order valence-electron chi connectivity index (χ0n) is 13.4. The normalized spacial score (nSPS) is 26.8. The largest absolute Gasteiger partial charge is 0.309 e. The lowest BCUT2D eigenvalue weighted by atomic mass is 9.85. The van der Waals surface area contributed by atoms with Crippen LogP contribution < -0.4 is 10.6 Å². The van der Waals surface area contributed by atoms with Crippen LogP contribution >= 0.6 is 12.4 Å². The van der Waals surface area contributed by atoms with E-state index < -0.39 is 0 Å². The van der Waals surface area contributed by atoms with Crippen LogP contribution in [0.25, 0.3) is 11.0 Å². The number of hydrogen-bond acceptors (Lipinski definition) is 4. The molecule has 2 aliphatic rings. The maximum atomic E-state index is 12.6. The third kappa shape index (κ3) is 2.72. The van der Waals surface area contributed by atoms with Crippen molar-refractivity contribution in [1.82, 2.24) is 25.3 Å². The number of halogens is 1. The van der Waals surface area contributed by atoms with Crippen molar-refractivity contribution in [3.8, 4) is 0 Å². The molecule has 1 aliphatic carbocycles. The molecule has 4 rings (SSSR count). The van der Waals surface area contributed by atoms with Crippen molar-refractivity contribution >= 4 is 35.2 Å². The molecule has 3 unspecified atom stereocenters. The molecule has 7 nitrogen and oxygen atoms in total. The van der Waals surface area contributed by atoms with Gasteiger partial charge in [0.1, 0.15) is 5.82 Å². The Morgan fingerprint density at radius 1 is 1.35 bits per heavy atom. The highest BCUT2D eigenvalue weighted by molar-refractivity contribution is 6.02. The van der Waals surface area contributed by atoms with Crippen LogP contribution in [-0.2, 0) is 11.8 Å². The third-order valence-corrected chi connectivity index (χ3v) is 5.14. The lowest BCUT2D eigenvalue weighted by Crippen LogP contribution is -2.40. The second-order valence-corrected chi connectivity index (χ2v) is 6.60. The highest BCUT2D eigenvalue weighted by atomic mass is 35.5. The van der Waals surface area contributed by atoms with E-state index >= 15 is 0 Å². The van der Waals surface area contributed by atoms with Gasteiger partial charge >= 0.3 is 0 Å². The Kier molecular flexibility index (Phi) is 4.33. The number of rotatable bonds is 2. The van der Waals surface area contributed by atoms with Gasteiger partial charge in [-0.05, 0) is 32.1 Å². The Morgan fingerprint density at radius 3 is 2.91 bits per heavy atom. The summed E-state index contributed by atoms with van der Waals surface area (Å²) in [5, 5.41) is 18.9. The predicted molar refractivity (Wildman–Crippen MR) is 90.8 cm³/mol. The number of H-pyrrole nitrogens is 1. The van der Waals surface area contributed by atoms with Crippen LogP contribution in [0, 0.1) is 12.8 Å². The number of aromatic nitrogens is 4. The van der Waals surface area contributed by atoms with Crippen LogP contribution in [-0.4, -0.2) is 38.0 Å². The molecular weight excluding hydrogens is 316 g/mol. The summed E-state index contributed by atoms with van der Waals surface area (Å²) in [6.07, 6.45) is 5.97. The maximum absolute atomic E-state index is 12.6. The number of nitrogens with zero attached hydrogens (tertiary/aromatic N) is 3. The van der Waals surface area contributed by atoms with Crippen LogP contribution in [0.2, 0.25) is 0 Å². The summed E-state index contributed by atoms with van der Waals surface area (Å²) >= 11 is 0. The van der Waals surface area contributed by atoms with Crippen LogP contribution in [0.5, 0.6) is 0 Å². The minimum Gasteiger partial charge on any atom is -0.309 e.